The van der Waals surface area contributed by atoms with Gasteiger partial charge in [0.2, 0.25) is 0 Å². The van der Waals surface area contributed by atoms with Crippen LogP contribution in [-0.2, 0) is 6.54 Å². The molecule has 0 aliphatic rings. The summed E-state index contributed by atoms with van der Waals surface area (Å²) in [6, 6.07) is 2.17. The normalized spacial score (nSPS) is 10.6. The van der Waals surface area contributed by atoms with Crippen molar-refractivity contribution < 1.29 is 0 Å². The maximum absolute atomic E-state index is 4.51. The minimum absolute atomic E-state index is 0.870. The van der Waals surface area contributed by atoms with Gasteiger partial charge in [0, 0.05) is 25.1 Å². The van der Waals surface area contributed by atoms with Crippen LogP contribution in [0.25, 0.3) is 0 Å². The molecule has 0 bridgehead atoms. The maximum atomic E-state index is 4.51. The third-order valence-corrected chi connectivity index (χ3v) is 3.62. The molecule has 0 amide bonds. The number of aromatic nitrogens is 3. The van der Waals surface area contributed by atoms with E-state index in [4.69, 9.17) is 0 Å². The van der Waals surface area contributed by atoms with Gasteiger partial charge in [-0.15, -0.1) is 0 Å². The molecule has 2 rings (SSSR count). The zero-order valence-corrected chi connectivity index (χ0v) is 12.1. The summed E-state index contributed by atoms with van der Waals surface area (Å²) in [4.78, 5) is 12.8. The van der Waals surface area contributed by atoms with Gasteiger partial charge in [0.25, 0.3) is 0 Å². The molecule has 0 saturated heterocycles. The standard InChI is InChI=1S/C14H18N4S/c1-3-4-15-8-12-7-11(2)14(18-9-12)19-13-10-16-5-6-17-13/h5-7,9-10,15H,3-4,8H2,1-2H3. The maximum Gasteiger partial charge on any atom is 0.121 e. The first-order chi connectivity index (χ1) is 9.29. The first-order valence-corrected chi connectivity index (χ1v) is 7.21. The van der Waals surface area contributed by atoms with Crippen LogP contribution in [0.15, 0.2) is 40.9 Å². The average Bonchev–Trinajstić information content (AvgIpc) is 2.43. The van der Waals surface area contributed by atoms with E-state index in [0.717, 1.165) is 29.6 Å². The fourth-order valence-electron chi connectivity index (χ4n) is 1.67. The molecule has 2 aromatic rings. The van der Waals surface area contributed by atoms with Gasteiger partial charge < -0.3 is 5.32 Å². The predicted molar refractivity (Wildman–Crippen MR) is 77.1 cm³/mol. The van der Waals surface area contributed by atoms with Crippen LogP contribution in [0.3, 0.4) is 0 Å². The van der Waals surface area contributed by atoms with E-state index in [1.54, 1.807) is 30.4 Å². The highest BCUT2D eigenvalue weighted by molar-refractivity contribution is 7.99. The van der Waals surface area contributed by atoms with Crippen molar-refractivity contribution in [2.75, 3.05) is 6.54 Å². The summed E-state index contributed by atoms with van der Waals surface area (Å²) in [7, 11) is 0. The summed E-state index contributed by atoms with van der Waals surface area (Å²) in [6.45, 7) is 6.15. The van der Waals surface area contributed by atoms with Gasteiger partial charge in [0.15, 0.2) is 0 Å². The number of nitrogens with one attached hydrogen (secondary N) is 1. The molecule has 0 radical (unpaired) electrons. The van der Waals surface area contributed by atoms with Crippen molar-refractivity contribution in [2.45, 2.75) is 36.9 Å². The number of nitrogens with zero attached hydrogens (tertiary/aromatic N) is 3. The first-order valence-electron chi connectivity index (χ1n) is 6.39. The van der Waals surface area contributed by atoms with Gasteiger partial charge in [-0.25, -0.2) is 9.97 Å². The highest BCUT2D eigenvalue weighted by atomic mass is 32.2. The lowest BCUT2D eigenvalue weighted by Crippen LogP contribution is -2.14. The van der Waals surface area contributed by atoms with E-state index in [0.29, 0.717) is 0 Å². The molecular formula is C14H18N4S. The first kappa shape index (κ1) is 14.0. The fraction of sp³-hybridized carbons (Fsp3) is 0.357. The van der Waals surface area contributed by atoms with Crippen LogP contribution in [0.4, 0.5) is 0 Å². The largest absolute Gasteiger partial charge is 0.313 e. The molecule has 0 atom stereocenters. The second kappa shape index (κ2) is 7.21. The van der Waals surface area contributed by atoms with Gasteiger partial charge in [-0.1, -0.05) is 13.0 Å². The average molecular weight is 274 g/mol. The lowest BCUT2D eigenvalue weighted by Gasteiger charge is -2.07. The molecule has 5 heteroatoms. The fourth-order valence-corrected chi connectivity index (χ4v) is 2.42. The minimum Gasteiger partial charge on any atom is -0.313 e. The third kappa shape index (κ3) is 4.29. The zero-order valence-electron chi connectivity index (χ0n) is 11.3. The van der Waals surface area contributed by atoms with Gasteiger partial charge in [-0.05, 0) is 42.8 Å². The molecular weight excluding hydrogens is 256 g/mol. The molecule has 19 heavy (non-hydrogen) atoms. The molecule has 0 aliphatic heterocycles. The molecule has 0 unspecified atom stereocenters. The van der Waals surface area contributed by atoms with Gasteiger partial charge in [0.1, 0.15) is 10.1 Å². The molecule has 0 aliphatic carbocycles. The van der Waals surface area contributed by atoms with Crippen molar-refractivity contribution in [1.29, 1.82) is 0 Å². The molecule has 0 spiro atoms. The summed E-state index contributed by atoms with van der Waals surface area (Å²) < 4.78 is 0. The van der Waals surface area contributed by atoms with Gasteiger partial charge in [0.05, 0.1) is 6.20 Å². The minimum atomic E-state index is 0.870. The Hall–Kier alpha value is -1.46. The zero-order chi connectivity index (χ0) is 13.5. The van der Waals surface area contributed by atoms with E-state index < -0.39 is 0 Å². The number of pyridine rings is 1. The predicted octanol–water partition coefficient (Wildman–Crippen LogP) is 2.83. The molecule has 2 heterocycles. The highest BCUT2D eigenvalue weighted by Crippen LogP contribution is 2.26. The van der Waals surface area contributed by atoms with Crippen molar-refractivity contribution in [3.63, 3.8) is 0 Å². The SMILES string of the molecule is CCCNCc1cnc(Sc2cnccn2)c(C)c1. The van der Waals surface area contributed by atoms with E-state index in [1.165, 1.54) is 11.1 Å². The van der Waals surface area contributed by atoms with Crippen molar-refractivity contribution >= 4 is 11.8 Å². The Balaban J connectivity index is 2.03. The Bertz CT molecular complexity index is 516. The molecule has 0 saturated carbocycles. The summed E-state index contributed by atoms with van der Waals surface area (Å²) in [6.07, 6.45) is 8.19. The molecule has 2 aromatic heterocycles. The van der Waals surface area contributed by atoms with E-state index in [2.05, 4.69) is 40.2 Å². The van der Waals surface area contributed by atoms with E-state index in [9.17, 15) is 0 Å². The van der Waals surface area contributed by atoms with Crippen LogP contribution < -0.4 is 5.32 Å². The van der Waals surface area contributed by atoms with Crippen molar-refractivity contribution in [1.82, 2.24) is 20.3 Å². The second-order valence-corrected chi connectivity index (χ2v) is 5.30. The number of hydrogen-bond donors (Lipinski definition) is 1. The Morgan fingerprint density at radius 3 is 2.79 bits per heavy atom. The summed E-state index contributed by atoms with van der Waals surface area (Å²) in [5.74, 6) is 0. The smallest absolute Gasteiger partial charge is 0.121 e. The number of rotatable bonds is 6. The summed E-state index contributed by atoms with van der Waals surface area (Å²) >= 11 is 1.55. The topological polar surface area (TPSA) is 50.7 Å². The van der Waals surface area contributed by atoms with Gasteiger partial charge in [-0.3, -0.25) is 4.98 Å². The summed E-state index contributed by atoms with van der Waals surface area (Å²) in [5.41, 5.74) is 2.39. The highest BCUT2D eigenvalue weighted by Gasteiger charge is 2.05. The van der Waals surface area contributed by atoms with Crippen molar-refractivity contribution in [3.05, 3.63) is 42.0 Å². The second-order valence-electron chi connectivity index (χ2n) is 4.29. The molecule has 4 nitrogen and oxygen atoms in total. The van der Waals surface area contributed by atoms with Gasteiger partial charge >= 0.3 is 0 Å². The molecule has 0 fully saturated rings. The van der Waals surface area contributed by atoms with E-state index in [1.807, 2.05) is 6.20 Å². The lowest BCUT2D eigenvalue weighted by atomic mass is 10.2. The molecule has 1 N–H and O–H groups in total. The van der Waals surface area contributed by atoms with E-state index in [-0.39, 0.29) is 0 Å². The lowest BCUT2D eigenvalue weighted by molar-refractivity contribution is 0.672. The van der Waals surface area contributed by atoms with Crippen LogP contribution in [0.1, 0.15) is 24.5 Å². The Kier molecular flexibility index (Phi) is 5.30. The quantitative estimate of drug-likeness (QED) is 0.821. The van der Waals surface area contributed by atoms with Crippen LogP contribution in [0, 0.1) is 6.92 Å². The van der Waals surface area contributed by atoms with Crippen LogP contribution >= 0.6 is 11.8 Å². The monoisotopic (exact) mass is 274 g/mol. The van der Waals surface area contributed by atoms with E-state index >= 15 is 0 Å². The third-order valence-electron chi connectivity index (χ3n) is 2.58. The Morgan fingerprint density at radius 1 is 1.21 bits per heavy atom. The summed E-state index contributed by atoms with van der Waals surface area (Å²) in [5, 5.41) is 5.23. The Morgan fingerprint density at radius 2 is 2.11 bits per heavy atom. The van der Waals surface area contributed by atoms with Crippen molar-refractivity contribution in [3.8, 4) is 0 Å². The molecule has 0 aromatic carbocycles. The number of aryl methyl sites for hydroxylation is 1. The Labute approximate surface area is 118 Å². The van der Waals surface area contributed by atoms with Crippen LogP contribution in [0.5, 0.6) is 0 Å². The van der Waals surface area contributed by atoms with Crippen molar-refractivity contribution in [2.24, 2.45) is 0 Å². The number of hydrogen-bond acceptors (Lipinski definition) is 5. The van der Waals surface area contributed by atoms with Crippen LogP contribution in [-0.4, -0.2) is 21.5 Å². The van der Waals surface area contributed by atoms with Crippen LogP contribution in [0.2, 0.25) is 0 Å². The molecule has 100 valence electrons. The van der Waals surface area contributed by atoms with Gasteiger partial charge in [-0.2, -0.15) is 0 Å².